The fourth-order valence-electron chi connectivity index (χ4n) is 3.65. The molecule has 4 unspecified atom stereocenters. The summed E-state index contributed by atoms with van der Waals surface area (Å²) < 4.78 is 0. The van der Waals surface area contributed by atoms with E-state index in [2.05, 4.69) is 33.6 Å². The molecule has 1 aromatic carbocycles. The van der Waals surface area contributed by atoms with E-state index in [1.54, 1.807) is 33.9 Å². The number of nitrogens with two attached hydrogens (primary N) is 1. The van der Waals surface area contributed by atoms with Gasteiger partial charge in [-0.25, -0.2) is 4.79 Å². The third kappa shape index (κ3) is 7.46. The number of carboxylic acid groups (broad SMARTS) is 1. The average molecular weight is 506 g/mol. The van der Waals surface area contributed by atoms with E-state index in [0.717, 1.165) is 16.5 Å². The second-order valence-electron chi connectivity index (χ2n) is 9.21. The summed E-state index contributed by atoms with van der Waals surface area (Å²) in [6.07, 6.45) is 2.06. The molecule has 0 spiro atoms. The van der Waals surface area contributed by atoms with Gasteiger partial charge in [-0.3, -0.25) is 14.4 Å². The number of aromatic amines is 1. The van der Waals surface area contributed by atoms with Gasteiger partial charge < -0.3 is 31.8 Å². The molecule has 0 aliphatic heterocycles. The highest BCUT2D eigenvalue weighted by Crippen LogP contribution is 2.18. The molecule has 0 aliphatic carbocycles. The van der Waals surface area contributed by atoms with Crippen LogP contribution in [0, 0.1) is 11.8 Å². The molecule has 2 aromatic rings. The number of carboxylic acids is 1. The minimum atomic E-state index is -1.16. The first-order valence-corrected chi connectivity index (χ1v) is 12.1. The molecule has 35 heavy (non-hydrogen) atoms. The highest BCUT2D eigenvalue weighted by atomic mass is 32.1. The van der Waals surface area contributed by atoms with E-state index < -0.39 is 47.9 Å². The summed E-state index contributed by atoms with van der Waals surface area (Å²) in [6.45, 7) is 6.80. The van der Waals surface area contributed by atoms with Crippen molar-refractivity contribution >= 4 is 47.2 Å². The quantitative estimate of drug-likeness (QED) is 0.211. The first-order valence-electron chi connectivity index (χ1n) is 11.5. The first kappa shape index (κ1) is 28.2. The number of benzene rings is 1. The fraction of sp³-hybridized carbons (Fsp3) is 0.500. The lowest BCUT2D eigenvalue weighted by Crippen LogP contribution is -2.59. The van der Waals surface area contributed by atoms with E-state index in [9.17, 15) is 24.3 Å². The van der Waals surface area contributed by atoms with Crippen LogP contribution in [0.1, 0.15) is 33.3 Å². The van der Waals surface area contributed by atoms with E-state index in [1.807, 2.05) is 24.3 Å². The van der Waals surface area contributed by atoms with Gasteiger partial charge in [-0.05, 0) is 29.9 Å². The third-order valence-corrected chi connectivity index (χ3v) is 6.11. The Balaban J connectivity index is 2.03. The number of H-pyrrole nitrogens is 1. The molecule has 0 radical (unpaired) electrons. The molecule has 0 aliphatic rings. The lowest BCUT2D eigenvalue weighted by molar-refractivity contribution is -0.143. The zero-order chi connectivity index (χ0) is 26.3. The summed E-state index contributed by atoms with van der Waals surface area (Å²) in [5, 5.41) is 18.0. The largest absolute Gasteiger partial charge is 0.480 e. The van der Waals surface area contributed by atoms with Crippen molar-refractivity contribution in [2.45, 2.75) is 58.3 Å². The van der Waals surface area contributed by atoms with Gasteiger partial charge >= 0.3 is 5.97 Å². The van der Waals surface area contributed by atoms with Crippen molar-refractivity contribution in [1.29, 1.82) is 0 Å². The number of aromatic nitrogens is 1. The van der Waals surface area contributed by atoms with Crippen LogP contribution in [0.15, 0.2) is 30.5 Å². The smallest absolute Gasteiger partial charge is 0.326 e. The van der Waals surface area contributed by atoms with Crippen molar-refractivity contribution in [2.75, 3.05) is 5.75 Å². The molecular formula is C24H35N5O5S. The summed E-state index contributed by atoms with van der Waals surface area (Å²) in [6, 6.07) is 3.62. The van der Waals surface area contributed by atoms with Crippen LogP contribution in [-0.2, 0) is 25.6 Å². The summed E-state index contributed by atoms with van der Waals surface area (Å²) in [4.78, 5) is 52.9. The van der Waals surface area contributed by atoms with Gasteiger partial charge in [0.1, 0.15) is 18.1 Å². The number of aliphatic carboxylic acids is 1. The Bertz CT molecular complexity index is 1050. The molecule has 11 heteroatoms. The highest BCUT2D eigenvalue weighted by Gasteiger charge is 2.32. The third-order valence-electron chi connectivity index (χ3n) is 5.74. The van der Waals surface area contributed by atoms with Gasteiger partial charge in [-0.2, -0.15) is 12.6 Å². The van der Waals surface area contributed by atoms with Crippen molar-refractivity contribution in [1.82, 2.24) is 20.9 Å². The standard InChI is InChI=1S/C24H35N5O5S/c1-12(2)19(23(32)29-20(13(3)4)24(33)34)28-22(31)18(11-35)27-21(30)16(25)9-14-10-26-17-8-6-5-7-15(14)17/h5-8,10,12-13,16,18-20,26,35H,9,11,25H2,1-4H3,(H,27,30)(H,28,31)(H,29,32)(H,33,34). The van der Waals surface area contributed by atoms with Gasteiger partial charge in [0, 0.05) is 22.9 Å². The summed E-state index contributed by atoms with van der Waals surface area (Å²) in [7, 11) is 0. The lowest BCUT2D eigenvalue weighted by Gasteiger charge is -2.27. The monoisotopic (exact) mass is 505 g/mol. The molecule has 10 nitrogen and oxygen atoms in total. The summed E-state index contributed by atoms with van der Waals surface area (Å²) in [5.74, 6) is -3.61. The van der Waals surface area contributed by atoms with Gasteiger partial charge in [0.05, 0.1) is 6.04 Å². The van der Waals surface area contributed by atoms with E-state index >= 15 is 0 Å². The second-order valence-corrected chi connectivity index (χ2v) is 9.58. The molecule has 7 N–H and O–H groups in total. The average Bonchev–Trinajstić information content (AvgIpc) is 3.20. The molecule has 0 saturated heterocycles. The molecular weight excluding hydrogens is 470 g/mol. The van der Waals surface area contributed by atoms with Crippen LogP contribution in [0.3, 0.4) is 0 Å². The van der Waals surface area contributed by atoms with Crippen molar-refractivity contribution in [3.63, 3.8) is 0 Å². The van der Waals surface area contributed by atoms with Crippen LogP contribution >= 0.6 is 12.6 Å². The first-order chi connectivity index (χ1) is 16.5. The maximum atomic E-state index is 12.9. The van der Waals surface area contributed by atoms with Crippen molar-refractivity contribution < 1.29 is 24.3 Å². The normalized spacial score (nSPS) is 14.9. The van der Waals surface area contributed by atoms with Crippen LogP contribution in [0.4, 0.5) is 0 Å². The number of fused-ring (bicyclic) bond motifs is 1. The number of nitrogens with one attached hydrogen (secondary N) is 4. The Hall–Kier alpha value is -3.05. The van der Waals surface area contributed by atoms with E-state index in [-0.39, 0.29) is 24.0 Å². The maximum absolute atomic E-state index is 12.9. The molecule has 3 amide bonds. The molecule has 4 atom stereocenters. The molecule has 1 aromatic heterocycles. The molecule has 0 bridgehead atoms. The minimum absolute atomic E-state index is 0.0203. The summed E-state index contributed by atoms with van der Waals surface area (Å²) >= 11 is 4.17. The molecule has 1 heterocycles. The SMILES string of the molecule is CC(C)C(NC(=O)C(NC(=O)C(CS)NC(=O)C(N)Cc1c[nH]c2ccccc12)C(C)C)C(=O)O. The minimum Gasteiger partial charge on any atom is -0.480 e. The molecule has 2 rings (SSSR count). The molecule has 0 fully saturated rings. The predicted molar refractivity (Wildman–Crippen MR) is 137 cm³/mol. The van der Waals surface area contributed by atoms with E-state index in [4.69, 9.17) is 5.73 Å². The number of rotatable bonds is 12. The van der Waals surface area contributed by atoms with Crippen LogP contribution in [0.25, 0.3) is 10.9 Å². The van der Waals surface area contributed by atoms with Crippen LogP contribution < -0.4 is 21.7 Å². The van der Waals surface area contributed by atoms with Gasteiger partial charge in [0.15, 0.2) is 0 Å². The number of thiol groups is 1. The van der Waals surface area contributed by atoms with Crippen LogP contribution in [0.2, 0.25) is 0 Å². The van der Waals surface area contributed by atoms with E-state index in [0.29, 0.717) is 0 Å². The van der Waals surface area contributed by atoms with Gasteiger partial charge in [0.25, 0.3) is 0 Å². The van der Waals surface area contributed by atoms with Gasteiger partial charge in [0.2, 0.25) is 17.7 Å². The number of hydrogen-bond acceptors (Lipinski definition) is 6. The lowest BCUT2D eigenvalue weighted by atomic mass is 10.00. The van der Waals surface area contributed by atoms with Gasteiger partial charge in [-0.15, -0.1) is 0 Å². The van der Waals surface area contributed by atoms with E-state index in [1.165, 1.54) is 0 Å². The maximum Gasteiger partial charge on any atom is 0.326 e. The fourth-order valence-corrected chi connectivity index (χ4v) is 3.91. The summed E-state index contributed by atoms with van der Waals surface area (Å²) in [5.41, 5.74) is 7.92. The Morgan fingerprint density at radius 2 is 1.54 bits per heavy atom. The van der Waals surface area contributed by atoms with Gasteiger partial charge in [-0.1, -0.05) is 45.9 Å². The second kappa shape index (κ2) is 12.6. The topological polar surface area (TPSA) is 166 Å². The number of amides is 3. The predicted octanol–water partition coefficient (Wildman–Crippen LogP) is 0.819. The Labute approximate surface area is 210 Å². The van der Waals surface area contributed by atoms with Crippen molar-refractivity contribution in [3.05, 3.63) is 36.0 Å². The van der Waals surface area contributed by atoms with Crippen molar-refractivity contribution in [3.8, 4) is 0 Å². The van der Waals surface area contributed by atoms with Crippen LogP contribution in [0.5, 0.6) is 0 Å². The number of para-hydroxylation sites is 1. The molecule has 192 valence electrons. The highest BCUT2D eigenvalue weighted by molar-refractivity contribution is 7.80. The Kier molecular flexibility index (Phi) is 10.1. The zero-order valence-corrected chi connectivity index (χ0v) is 21.3. The number of carbonyl (C=O) groups excluding carboxylic acids is 3. The Morgan fingerprint density at radius 1 is 0.943 bits per heavy atom. The Morgan fingerprint density at radius 3 is 2.11 bits per heavy atom. The number of hydrogen-bond donors (Lipinski definition) is 7. The van der Waals surface area contributed by atoms with Crippen LogP contribution in [-0.4, -0.2) is 63.7 Å². The van der Waals surface area contributed by atoms with Crippen molar-refractivity contribution in [2.24, 2.45) is 17.6 Å². The molecule has 0 saturated carbocycles. The number of carbonyl (C=O) groups is 4. The zero-order valence-electron chi connectivity index (χ0n) is 20.4.